The van der Waals surface area contributed by atoms with E-state index in [2.05, 4.69) is 5.32 Å². The van der Waals surface area contributed by atoms with Crippen molar-refractivity contribution < 1.29 is 0 Å². The summed E-state index contributed by atoms with van der Waals surface area (Å²) in [5.41, 5.74) is 5.88. The lowest BCUT2D eigenvalue weighted by molar-refractivity contribution is 0.470. The SMILES string of the molecule is NC1CCC2NCCC12. The van der Waals surface area contributed by atoms with Crippen LogP contribution >= 0.6 is 0 Å². The van der Waals surface area contributed by atoms with E-state index in [1.807, 2.05) is 0 Å². The zero-order chi connectivity index (χ0) is 6.27. The first-order valence-corrected chi connectivity index (χ1v) is 3.87. The molecular formula is C7H14N2. The fourth-order valence-electron chi connectivity index (χ4n) is 2.20. The monoisotopic (exact) mass is 126 g/mol. The maximum Gasteiger partial charge on any atom is 0.0111 e. The summed E-state index contributed by atoms with van der Waals surface area (Å²) in [6, 6.07) is 1.28. The molecule has 0 spiro atoms. The Morgan fingerprint density at radius 1 is 1.22 bits per heavy atom. The average Bonchev–Trinajstić information content (AvgIpc) is 2.35. The zero-order valence-electron chi connectivity index (χ0n) is 5.64. The summed E-state index contributed by atoms with van der Waals surface area (Å²) in [4.78, 5) is 0. The van der Waals surface area contributed by atoms with Crippen LogP contribution in [0, 0.1) is 5.92 Å². The summed E-state index contributed by atoms with van der Waals surface area (Å²) in [7, 11) is 0. The van der Waals surface area contributed by atoms with E-state index in [1.54, 1.807) is 0 Å². The molecule has 1 aliphatic heterocycles. The van der Waals surface area contributed by atoms with Gasteiger partial charge in [-0.2, -0.15) is 0 Å². The van der Waals surface area contributed by atoms with Crippen LogP contribution in [0.25, 0.3) is 0 Å². The van der Waals surface area contributed by atoms with Crippen molar-refractivity contribution in [1.29, 1.82) is 0 Å². The molecule has 0 aromatic carbocycles. The molecular weight excluding hydrogens is 112 g/mol. The quantitative estimate of drug-likeness (QED) is 0.482. The van der Waals surface area contributed by atoms with E-state index in [9.17, 15) is 0 Å². The second-order valence-corrected chi connectivity index (χ2v) is 3.25. The maximum absolute atomic E-state index is 5.88. The third-order valence-corrected chi connectivity index (χ3v) is 2.76. The van der Waals surface area contributed by atoms with E-state index in [-0.39, 0.29) is 0 Å². The molecule has 2 heteroatoms. The van der Waals surface area contributed by atoms with Gasteiger partial charge in [-0.3, -0.25) is 0 Å². The normalized spacial score (nSPS) is 49.7. The Labute approximate surface area is 55.8 Å². The molecule has 1 aliphatic carbocycles. The van der Waals surface area contributed by atoms with Gasteiger partial charge in [0.05, 0.1) is 0 Å². The molecule has 1 saturated heterocycles. The molecule has 2 fully saturated rings. The third kappa shape index (κ3) is 0.775. The van der Waals surface area contributed by atoms with E-state index in [0.717, 1.165) is 12.0 Å². The third-order valence-electron chi connectivity index (χ3n) is 2.76. The van der Waals surface area contributed by atoms with Crippen molar-refractivity contribution in [2.24, 2.45) is 11.7 Å². The molecule has 1 heterocycles. The molecule has 3 atom stereocenters. The van der Waals surface area contributed by atoms with Crippen LogP contribution in [-0.2, 0) is 0 Å². The van der Waals surface area contributed by atoms with E-state index < -0.39 is 0 Å². The number of nitrogens with two attached hydrogens (primary N) is 1. The van der Waals surface area contributed by atoms with Crippen LogP contribution < -0.4 is 11.1 Å². The van der Waals surface area contributed by atoms with Gasteiger partial charge in [-0.05, 0) is 31.7 Å². The Morgan fingerprint density at radius 2 is 2.11 bits per heavy atom. The van der Waals surface area contributed by atoms with Gasteiger partial charge in [-0.25, -0.2) is 0 Å². The number of hydrogen-bond donors (Lipinski definition) is 2. The molecule has 3 unspecified atom stereocenters. The summed E-state index contributed by atoms with van der Waals surface area (Å²) < 4.78 is 0. The van der Waals surface area contributed by atoms with Crippen LogP contribution in [-0.4, -0.2) is 18.6 Å². The van der Waals surface area contributed by atoms with Gasteiger partial charge in [0, 0.05) is 12.1 Å². The highest BCUT2D eigenvalue weighted by Crippen LogP contribution is 2.30. The predicted molar refractivity (Wildman–Crippen MR) is 37.1 cm³/mol. The standard InChI is InChI=1S/C7H14N2/c8-6-1-2-7-5(6)3-4-9-7/h5-7,9H,1-4,8H2. The number of fused-ring (bicyclic) bond motifs is 1. The topological polar surface area (TPSA) is 38.0 Å². The van der Waals surface area contributed by atoms with Gasteiger partial charge < -0.3 is 11.1 Å². The van der Waals surface area contributed by atoms with Crippen molar-refractivity contribution >= 4 is 0 Å². The predicted octanol–water partition coefficient (Wildman–Crippen LogP) is 0.0856. The summed E-state index contributed by atoms with van der Waals surface area (Å²) in [5, 5.41) is 3.47. The molecule has 0 amide bonds. The fourth-order valence-corrected chi connectivity index (χ4v) is 2.20. The lowest BCUT2D eigenvalue weighted by atomic mass is 10.0. The Balaban J connectivity index is 2.07. The van der Waals surface area contributed by atoms with Crippen molar-refractivity contribution in [3.05, 3.63) is 0 Å². The van der Waals surface area contributed by atoms with E-state index >= 15 is 0 Å². The highest BCUT2D eigenvalue weighted by molar-refractivity contribution is 4.95. The first-order valence-electron chi connectivity index (χ1n) is 3.87. The summed E-state index contributed by atoms with van der Waals surface area (Å²) in [6.07, 6.45) is 3.86. The molecule has 2 nitrogen and oxygen atoms in total. The molecule has 0 bridgehead atoms. The molecule has 0 aromatic heterocycles. The lowest BCUT2D eigenvalue weighted by Gasteiger charge is -2.11. The van der Waals surface area contributed by atoms with Gasteiger partial charge in [0.2, 0.25) is 0 Å². The summed E-state index contributed by atoms with van der Waals surface area (Å²) >= 11 is 0. The number of hydrogen-bond acceptors (Lipinski definition) is 2. The zero-order valence-corrected chi connectivity index (χ0v) is 5.64. The van der Waals surface area contributed by atoms with Crippen LogP contribution in [0.2, 0.25) is 0 Å². The number of nitrogens with one attached hydrogen (secondary N) is 1. The highest BCUT2D eigenvalue weighted by Gasteiger charge is 2.36. The van der Waals surface area contributed by atoms with E-state index in [4.69, 9.17) is 5.73 Å². The Hall–Kier alpha value is -0.0800. The van der Waals surface area contributed by atoms with Crippen molar-refractivity contribution in [2.75, 3.05) is 6.54 Å². The average molecular weight is 126 g/mol. The molecule has 9 heavy (non-hydrogen) atoms. The first kappa shape index (κ1) is 5.69. The molecule has 2 aliphatic rings. The van der Waals surface area contributed by atoms with Gasteiger partial charge in [0.25, 0.3) is 0 Å². The maximum atomic E-state index is 5.88. The minimum absolute atomic E-state index is 0.505. The Bertz CT molecular complexity index is 113. The van der Waals surface area contributed by atoms with Gasteiger partial charge in [-0.15, -0.1) is 0 Å². The highest BCUT2D eigenvalue weighted by atomic mass is 15.0. The van der Waals surface area contributed by atoms with Gasteiger partial charge in [0.1, 0.15) is 0 Å². The Kier molecular flexibility index (Phi) is 1.24. The number of rotatable bonds is 0. The lowest BCUT2D eigenvalue weighted by Crippen LogP contribution is -2.29. The van der Waals surface area contributed by atoms with Crippen molar-refractivity contribution in [1.82, 2.24) is 5.32 Å². The molecule has 1 saturated carbocycles. The molecule has 2 rings (SSSR count). The van der Waals surface area contributed by atoms with Crippen molar-refractivity contribution in [2.45, 2.75) is 31.3 Å². The van der Waals surface area contributed by atoms with Crippen molar-refractivity contribution in [3.63, 3.8) is 0 Å². The van der Waals surface area contributed by atoms with Gasteiger partial charge in [0.15, 0.2) is 0 Å². The summed E-state index contributed by atoms with van der Waals surface area (Å²) in [6.45, 7) is 1.20. The van der Waals surface area contributed by atoms with Crippen LogP contribution in [0.15, 0.2) is 0 Å². The second kappa shape index (κ2) is 1.96. The van der Waals surface area contributed by atoms with Crippen molar-refractivity contribution in [3.8, 4) is 0 Å². The van der Waals surface area contributed by atoms with Crippen LogP contribution in [0.4, 0.5) is 0 Å². The minimum atomic E-state index is 0.505. The Morgan fingerprint density at radius 3 is 2.89 bits per heavy atom. The van der Waals surface area contributed by atoms with Gasteiger partial charge >= 0.3 is 0 Å². The fraction of sp³-hybridized carbons (Fsp3) is 1.00. The first-order chi connectivity index (χ1) is 4.38. The van der Waals surface area contributed by atoms with E-state index in [1.165, 1.54) is 25.8 Å². The van der Waals surface area contributed by atoms with Crippen LogP contribution in [0.3, 0.4) is 0 Å². The van der Waals surface area contributed by atoms with Crippen LogP contribution in [0.5, 0.6) is 0 Å². The largest absolute Gasteiger partial charge is 0.327 e. The molecule has 0 aromatic rings. The molecule has 0 radical (unpaired) electrons. The summed E-state index contributed by atoms with van der Waals surface area (Å²) in [5.74, 6) is 0.810. The van der Waals surface area contributed by atoms with Crippen LogP contribution in [0.1, 0.15) is 19.3 Å². The minimum Gasteiger partial charge on any atom is -0.327 e. The van der Waals surface area contributed by atoms with Gasteiger partial charge in [-0.1, -0.05) is 0 Å². The second-order valence-electron chi connectivity index (χ2n) is 3.25. The smallest absolute Gasteiger partial charge is 0.0111 e. The molecule has 52 valence electrons. The van der Waals surface area contributed by atoms with E-state index in [0.29, 0.717) is 6.04 Å². The molecule has 3 N–H and O–H groups in total.